The van der Waals surface area contributed by atoms with Crippen molar-refractivity contribution in [3.63, 3.8) is 0 Å². The van der Waals surface area contributed by atoms with Crippen LogP contribution in [0.1, 0.15) is 25.0 Å². The summed E-state index contributed by atoms with van der Waals surface area (Å²) in [4.78, 5) is 2.05. The maximum absolute atomic E-state index is 6.33. The van der Waals surface area contributed by atoms with Crippen LogP contribution in [0, 0.1) is 0 Å². The highest BCUT2D eigenvalue weighted by atomic mass is 16.6. The van der Waals surface area contributed by atoms with Gasteiger partial charge >= 0.3 is 0 Å². The molecule has 0 N–H and O–H groups in total. The molecule has 0 aromatic heterocycles. The molecule has 4 nitrogen and oxygen atoms in total. The van der Waals surface area contributed by atoms with Crippen molar-refractivity contribution < 1.29 is 14.2 Å². The lowest BCUT2D eigenvalue weighted by atomic mass is 10.0. The Hall–Kier alpha value is -2.04. The molecule has 0 aliphatic heterocycles. The maximum atomic E-state index is 6.33. The van der Waals surface area contributed by atoms with Crippen LogP contribution in [0.25, 0.3) is 0 Å². The van der Waals surface area contributed by atoms with Gasteiger partial charge in [-0.25, -0.2) is 0 Å². The van der Waals surface area contributed by atoms with Crippen LogP contribution in [0.3, 0.4) is 0 Å². The summed E-state index contributed by atoms with van der Waals surface area (Å²) in [5.74, 6) is 1.81. The number of para-hydroxylation sites is 1. The van der Waals surface area contributed by atoms with Crippen LogP contribution in [0.2, 0.25) is 0 Å². The number of nitrogens with zero attached hydrogens (tertiary/aromatic N) is 1. The summed E-state index contributed by atoms with van der Waals surface area (Å²) in [6, 6.07) is 16.5. The second kappa shape index (κ2) is 10.2. The Morgan fingerprint density at radius 1 is 1.00 bits per heavy atom. The number of ether oxygens (including phenoxy) is 3. The molecule has 2 atom stereocenters. The van der Waals surface area contributed by atoms with E-state index in [9.17, 15) is 0 Å². The second-order valence-electron chi connectivity index (χ2n) is 6.59. The van der Waals surface area contributed by atoms with Crippen molar-refractivity contribution in [3.05, 3.63) is 59.7 Å². The molecule has 0 aliphatic rings. The lowest BCUT2D eigenvalue weighted by molar-refractivity contribution is -0.0697. The van der Waals surface area contributed by atoms with Gasteiger partial charge < -0.3 is 14.2 Å². The van der Waals surface area contributed by atoms with Crippen molar-refractivity contribution in [2.75, 3.05) is 27.8 Å². The Morgan fingerprint density at radius 2 is 1.77 bits per heavy atom. The normalized spacial score (nSPS) is 13.5. The highest BCUT2D eigenvalue weighted by Crippen LogP contribution is 2.24. The molecule has 0 radical (unpaired) electrons. The average Bonchev–Trinajstić information content (AvgIpc) is 2.65. The minimum absolute atomic E-state index is 0.0126. The molecule has 0 amide bonds. The van der Waals surface area contributed by atoms with Gasteiger partial charge in [-0.2, -0.15) is 0 Å². The van der Waals surface area contributed by atoms with E-state index in [0.717, 1.165) is 24.3 Å². The fourth-order valence-electron chi connectivity index (χ4n) is 3.03. The molecule has 0 spiro atoms. The standard InChI is InChI=1S/C22H31NO3/c1-6-25-17(2)22(23(3)4)26-21-13-8-7-11-19(21)15-14-18-10-9-12-20(16-18)24-5/h7-13,16-17,22H,6,14-15H2,1-5H3/t17?,22-/m1/s1. The summed E-state index contributed by atoms with van der Waals surface area (Å²) in [5, 5.41) is 0. The summed E-state index contributed by atoms with van der Waals surface area (Å²) in [6.45, 7) is 4.73. The molecule has 2 aromatic carbocycles. The highest BCUT2D eigenvalue weighted by Gasteiger charge is 2.22. The van der Waals surface area contributed by atoms with Crippen LogP contribution < -0.4 is 9.47 Å². The zero-order chi connectivity index (χ0) is 18.9. The van der Waals surface area contributed by atoms with Gasteiger partial charge in [-0.15, -0.1) is 0 Å². The average molecular weight is 357 g/mol. The van der Waals surface area contributed by atoms with Crippen molar-refractivity contribution in [1.82, 2.24) is 4.90 Å². The zero-order valence-electron chi connectivity index (χ0n) is 16.6. The summed E-state index contributed by atoms with van der Waals surface area (Å²) in [5.41, 5.74) is 2.46. The second-order valence-corrected chi connectivity index (χ2v) is 6.59. The monoisotopic (exact) mass is 357 g/mol. The van der Waals surface area contributed by atoms with Gasteiger partial charge in [0.2, 0.25) is 0 Å². The van der Waals surface area contributed by atoms with E-state index >= 15 is 0 Å². The molecule has 0 saturated carbocycles. The molecule has 0 fully saturated rings. The van der Waals surface area contributed by atoms with Crippen LogP contribution in [0.5, 0.6) is 11.5 Å². The molecule has 2 aromatic rings. The minimum Gasteiger partial charge on any atom is -0.497 e. The smallest absolute Gasteiger partial charge is 0.178 e. The number of hydrogen-bond donors (Lipinski definition) is 0. The Kier molecular flexibility index (Phi) is 7.95. The summed E-state index contributed by atoms with van der Waals surface area (Å²) in [7, 11) is 5.72. The summed E-state index contributed by atoms with van der Waals surface area (Å²) < 4.78 is 17.4. The number of rotatable bonds is 10. The third-order valence-corrected chi connectivity index (χ3v) is 4.38. The predicted molar refractivity (Wildman–Crippen MR) is 106 cm³/mol. The van der Waals surface area contributed by atoms with E-state index in [1.54, 1.807) is 7.11 Å². The van der Waals surface area contributed by atoms with E-state index in [4.69, 9.17) is 14.2 Å². The fraction of sp³-hybridized carbons (Fsp3) is 0.455. The first-order valence-corrected chi connectivity index (χ1v) is 9.20. The molecular weight excluding hydrogens is 326 g/mol. The van der Waals surface area contributed by atoms with Crippen LogP contribution in [0.4, 0.5) is 0 Å². The van der Waals surface area contributed by atoms with Gasteiger partial charge in [0, 0.05) is 6.61 Å². The van der Waals surface area contributed by atoms with Crippen molar-refractivity contribution in [3.8, 4) is 11.5 Å². The minimum atomic E-state index is -0.132. The van der Waals surface area contributed by atoms with Crippen LogP contribution in [-0.2, 0) is 17.6 Å². The van der Waals surface area contributed by atoms with E-state index in [2.05, 4.69) is 29.2 Å². The number of aryl methyl sites for hydroxylation is 2. The van der Waals surface area contributed by atoms with E-state index < -0.39 is 0 Å². The van der Waals surface area contributed by atoms with Gasteiger partial charge in [0.1, 0.15) is 17.6 Å². The topological polar surface area (TPSA) is 30.9 Å². The number of methoxy groups -OCH3 is 1. The first-order chi connectivity index (χ1) is 12.5. The lowest BCUT2D eigenvalue weighted by Crippen LogP contribution is -2.43. The zero-order valence-corrected chi connectivity index (χ0v) is 16.6. The molecule has 0 heterocycles. The highest BCUT2D eigenvalue weighted by molar-refractivity contribution is 5.35. The van der Waals surface area contributed by atoms with Crippen molar-refractivity contribution in [1.29, 1.82) is 0 Å². The third-order valence-electron chi connectivity index (χ3n) is 4.38. The van der Waals surface area contributed by atoms with Crippen molar-refractivity contribution in [2.45, 2.75) is 39.0 Å². The van der Waals surface area contributed by atoms with Crippen LogP contribution >= 0.6 is 0 Å². The van der Waals surface area contributed by atoms with E-state index in [1.807, 2.05) is 52.2 Å². The molecule has 0 saturated heterocycles. The van der Waals surface area contributed by atoms with E-state index in [1.165, 1.54) is 11.1 Å². The van der Waals surface area contributed by atoms with Crippen molar-refractivity contribution in [2.24, 2.45) is 0 Å². The van der Waals surface area contributed by atoms with Gasteiger partial charge in [0.25, 0.3) is 0 Å². The molecule has 26 heavy (non-hydrogen) atoms. The van der Waals surface area contributed by atoms with Gasteiger partial charge in [-0.3, -0.25) is 4.90 Å². The largest absolute Gasteiger partial charge is 0.497 e. The summed E-state index contributed by atoms with van der Waals surface area (Å²) >= 11 is 0. The SMILES string of the molecule is CCOC(C)[C@@H](Oc1ccccc1CCc1cccc(OC)c1)N(C)C. The molecular formula is C22H31NO3. The Balaban J connectivity index is 2.10. The first-order valence-electron chi connectivity index (χ1n) is 9.20. The lowest BCUT2D eigenvalue weighted by Gasteiger charge is -2.31. The summed E-state index contributed by atoms with van der Waals surface area (Å²) in [6.07, 6.45) is 1.70. The Labute approximate surface area is 157 Å². The Bertz CT molecular complexity index is 672. The van der Waals surface area contributed by atoms with Gasteiger partial charge in [0.15, 0.2) is 6.23 Å². The Morgan fingerprint density at radius 3 is 2.46 bits per heavy atom. The molecule has 1 unspecified atom stereocenters. The number of benzene rings is 2. The van der Waals surface area contributed by atoms with Gasteiger partial charge in [-0.05, 0) is 70.1 Å². The molecule has 4 heteroatoms. The van der Waals surface area contributed by atoms with Gasteiger partial charge in [-0.1, -0.05) is 30.3 Å². The maximum Gasteiger partial charge on any atom is 0.178 e. The van der Waals surface area contributed by atoms with Crippen LogP contribution in [-0.4, -0.2) is 45.0 Å². The van der Waals surface area contributed by atoms with Crippen LogP contribution in [0.15, 0.2) is 48.5 Å². The van der Waals surface area contributed by atoms with E-state index in [0.29, 0.717) is 6.61 Å². The molecule has 142 valence electrons. The number of likely N-dealkylation sites (N-methyl/N-ethyl adjacent to an activating group) is 1. The van der Waals surface area contributed by atoms with Gasteiger partial charge in [0.05, 0.1) is 7.11 Å². The molecule has 2 rings (SSSR count). The number of hydrogen-bond acceptors (Lipinski definition) is 4. The third kappa shape index (κ3) is 5.75. The quantitative estimate of drug-likeness (QED) is 0.597. The predicted octanol–water partition coefficient (Wildman–Crippen LogP) is 4.17. The molecule has 0 aliphatic carbocycles. The first kappa shape index (κ1) is 20.3. The van der Waals surface area contributed by atoms with E-state index in [-0.39, 0.29) is 12.3 Å². The van der Waals surface area contributed by atoms with Crippen molar-refractivity contribution >= 4 is 0 Å². The molecule has 0 bridgehead atoms. The fourth-order valence-corrected chi connectivity index (χ4v) is 3.03.